The van der Waals surface area contributed by atoms with Crippen LogP contribution in [0, 0.1) is 5.41 Å². The molecule has 0 bridgehead atoms. The Kier molecular flexibility index (Phi) is 5.69. The molecular formula is C17H26N4O7S. The zero-order valence-electron chi connectivity index (χ0n) is 17.4. The van der Waals surface area contributed by atoms with Crippen LogP contribution in [0.1, 0.15) is 54.3 Å². The first kappa shape index (κ1) is 23.0. The zero-order valence-corrected chi connectivity index (χ0v) is 18.2. The van der Waals surface area contributed by atoms with Crippen LogP contribution in [0.2, 0.25) is 0 Å². The molecule has 1 aromatic rings. The van der Waals surface area contributed by atoms with Crippen LogP contribution in [-0.4, -0.2) is 60.5 Å². The van der Waals surface area contributed by atoms with Gasteiger partial charge in [0.05, 0.1) is 0 Å². The first-order valence-electron chi connectivity index (χ1n) is 8.80. The lowest BCUT2D eigenvalue weighted by Crippen LogP contribution is -2.76. The number of esters is 1. The first-order valence-corrected chi connectivity index (χ1v) is 9.58. The number of hydrogen-bond acceptors (Lipinski definition) is 10. The maximum absolute atomic E-state index is 12.8. The van der Waals surface area contributed by atoms with E-state index in [0.29, 0.717) is 16.6 Å². The normalized spacial score (nSPS) is 25.1. The van der Waals surface area contributed by atoms with E-state index >= 15 is 0 Å². The van der Waals surface area contributed by atoms with Crippen molar-refractivity contribution in [3.05, 3.63) is 5.82 Å². The van der Waals surface area contributed by atoms with Crippen molar-refractivity contribution in [2.45, 2.75) is 65.2 Å². The highest BCUT2D eigenvalue weighted by Crippen LogP contribution is 2.54. The highest BCUT2D eigenvalue weighted by atomic mass is 32.1. The van der Waals surface area contributed by atoms with Gasteiger partial charge in [0.1, 0.15) is 16.6 Å². The van der Waals surface area contributed by atoms with Crippen LogP contribution in [0.4, 0.5) is 9.93 Å². The number of aliphatic carboxylic acids is 1. The Hall–Kier alpha value is -2.31. The third-order valence-corrected chi connectivity index (χ3v) is 4.80. The van der Waals surface area contributed by atoms with E-state index in [9.17, 15) is 24.7 Å². The Balaban J connectivity index is 2.38. The van der Waals surface area contributed by atoms with Gasteiger partial charge in [-0.3, -0.25) is 10.1 Å². The lowest BCUT2D eigenvalue weighted by atomic mass is 9.62. The summed E-state index contributed by atoms with van der Waals surface area (Å²) in [4.78, 5) is 40.9. The summed E-state index contributed by atoms with van der Waals surface area (Å²) in [5.41, 5.74) is -5.53. The Bertz CT molecular complexity index is 828. The zero-order chi connectivity index (χ0) is 22.4. The van der Waals surface area contributed by atoms with E-state index in [-0.39, 0.29) is 17.5 Å². The summed E-state index contributed by atoms with van der Waals surface area (Å²) in [5.74, 6) is -2.68. The third-order valence-electron chi connectivity index (χ3n) is 4.17. The van der Waals surface area contributed by atoms with Crippen molar-refractivity contribution in [2.24, 2.45) is 5.41 Å². The molecule has 1 aromatic heterocycles. The summed E-state index contributed by atoms with van der Waals surface area (Å²) >= 11 is 0.699. The van der Waals surface area contributed by atoms with E-state index < -0.39 is 40.2 Å². The second kappa shape index (κ2) is 7.18. The standard InChI is InChI=1S/C17H26N4O7S/c1-14(2,3)27-11(24)16(7)8-21(26)17(16,10(22)23)9-18-12(29-20-9)19-13(25)28-15(4,5)6/h26H,8H2,1-7H3,(H,22,23)(H,18,19,20,25). The molecule has 11 nitrogen and oxygen atoms in total. The number of nitrogens with zero attached hydrogens (tertiary/aromatic N) is 3. The topological polar surface area (TPSA) is 151 Å². The van der Waals surface area contributed by atoms with Crippen molar-refractivity contribution in [3.8, 4) is 0 Å². The van der Waals surface area contributed by atoms with Crippen molar-refractivity contribution >= 4 is 34.7 Å². The number of hydrogen-bond donors (Lipinski definition) is 3. The molecule has 0 saturated carbocycles. The molecule has 162 valence electrons. The van der Waals surface area contributed by atoms with Crippen molar-refractivity contribution in [3.63, 3.8) is 0 Å². The molecular weight excluding hydrogens is 404 g/mol. The number of ether oxygens (including phenoxy) is 2. The van der Waals surface area contributed by atoms with Gasteiger partial charge in [0.15, 0.2) is 5.82 Å². The molecule has 1 saturated heterocycles. The van der Waals surface area contributed by atoms with Gasteiger partial charge in [-0.2, -0.15) is 9.44 Å². The largest absolute Gasteiger partial charge is 0.479 e. The number of carbonyl (C=O) groups excluding carboxylic acids is 2. The highest BCUT2D eigenvalue weighted by molar-refractivity contribution is 7.09. The summed E-state index contributed by atoms with van der Waals surface area (Å²) in [5, 5.41) is 23.0. The second-order valence-electron chi connectivity index (χ2n) is 8.96. The minimum atomic E-state index is -2.26. The van der Waals surface area contributed by atoms with Crippen molar-refractivity contribution in [2.75, 3.05) is 11.9 Å². The molecule has 1 aliphatic rings. The molecule has 29 heavy (non-hydrogen) atoms. The average molecular weight is 430 g/mol. The summed E-state index contributed by atoms with van der Waals surface area (Å²) in [6, 6.07) is 0. The van der Waals surface area contributed by atoms with Gasteiger partial charge in [-0.15, -0.1) is 0 Å². The van der Waals surface area contributed by atoms with Crippen molar-refractivity contribution in [1.82, 2.24) is 14.4 Å². The van der Waals surface area contributed by atoms with Gasteiger partial charge < -0.3 is 19.8 Å². The van der Waals surface area contributed by atoms with Gasteiger partial charge in [0.2, 0.25) is 10.7 Å². The highest BCUT2D eigenvalue weighted by Gasteiger charge is 2.75. The fourth-order valence-corrected chi connectivity index (χ4v) is 3.55. The summed E-state index contributed by atoms with van der Waals surface area (Å²) in [6.07, 6.45) is -0.797. The predicted molar refractivity (Wildman–Crippen MR) is 102 cm³/mol. The molecule has 0 spiro atoms. The molecule has 2 atom stereocenters. The summed E-state index contributed by atoms with van der Waals surface area (Å²) in [6.45, 7) is 11.1. The van der Waals surface area contributed by atoms with Gasteiger partial charge in [0.25, 0.3) is 0 Å². The van der Waals surface area contributed by atoms with Crippen LogP contribution in [0.15, 0.2) is 0 Å². The van der Waals surface area contributed by atoms with E-state index in [1.807, 2.05) is 0 Å². The quantitative estimate of drug-likeness (QED) is 0.606. The smallest absolute Gasteiger partial charge is 0.414 e. The number of carboxylic acids is 1. The number of aromatic nitrogens is 2. The molecule has 0 aromatic carbocycles. The molecule has 2 heterocycles. The molecule has 1 aliphatic heterocycles. The number of nitrogens with one attached hydrogen (secondary N) is 1. The average Bonchev–Trinajstić information content (AvgIpc) is 2.90. The fourth-order valence-electron chi connectivity index (χ4n) is 2.95. The van der Waals surface area contributed by atoms with Crippen molar-refractivity contribution < 1.29 is 34.2 Å². The van der Waals surface area contributed by atoms with Crippen LogP contribution >= 0.6 is 11.5 Å². The molecule has 0 aliphatic carbocycles. The van der Waals surface area contributed by atoms with Crippen LogP contribution < -0.4 is 5.32 Å². The van der Waals surface area contributed by atoms with E-state index in [4.69, 9.17) is 9.47 Å². The monoisotopic (exact) mass is 430 g/mol. The van der Waals surface area contributed by atoms with Crippen LogP contribution in [0.3, 0.4) is 0 Å². The number of hydroxylamine groups is 2. The first-order chi connectivity index (χ1) is 13.0. The molecule has 1 amide bonds. The Morgan fingerprint density at radius 3 is 2.14 bits per heavy atom. The van der Waals surface area contributed by atoms with Gasteiger partial charge in [-0.1, -0.05) is 0 Å². The number of anilines is 1. The number of rotatable bonds is 4. The van der Waals surface area contributed by atoms with Gasteiger partial charge in [-0.25, -0.2) is 14.6 Å². The van der Waals surface area contributed by atoms with E-state index in [2.05, 4.69) is 14.7 Å². The van der Waals surface area contributed by atoms with Crippen LogP contribution in [-0.2, 0) is 24.6 Å². The molecule has 3 N–H and O–H groups in total. The Morgan fingerprint density at radius 2 is 1.69 bits per heavy atom. The maximum Gasteiger partial charge on any atom is 0.414 e. The van der Waals surface area contributed by atoms with Gasteiger partial charge in [0, 0.05) is 18.1 Å². The minimum Gasteiger partial charge on any atom is -0.479 e. The van der Waals surface area contributed by atoms with Gasteiger partial charge >= 0.3 is 18.0 Å². The maximum atomic E-state index is 12.8. The Labute approximate surface area is 172 Å². The fraction of sp³-hybridized carbons (Fsp3) is 0.706. The van der Waals surface area contributed by atoms with Crippen LogP contribution in [0.5, 0.6) is 0 Å². The molecule has 1 fully saturated rings. The van der Waals surface area contributed by atoms with E-state index in [0.717, 1.165) is 0 Å². The summed E-state index contributed by atoms with van der Waals surface area (Å²) < 4.78 is 14.5. The molecule has 2 unspecified atom stereocenters. The van der Waals surface area contributed by atoms with E-state index in [1.165, 1.54) is 6.92 Å². The molecule has 12 heteroatoms. The van der Waals surface area contributed by atoms with Crippen molar-refractivity contribution in [1.29, 1.82) is 0 Å². The van der Waals surface area contributed by atoms with Gasteiger partial charge in [-0.05, 0) is 48.5 Å². The molecule has 0 radical (unpaired) electrons. The second-order valence-corrected chi connectivity index (χ2v) is 9.71. The van der Waals surface area contributed by atoms with E-state index in [1.54, 1.807) is 41.5 Å². The lowest BCUT2D eigenvalue weighted by molar-refractivity contribution is -0.309. The third kappa shape index (κ3) is 4.19. The van der Waals surface area contributed by atoms with Crippen LogP contribution in [0.25, 0.3) is 0 Å². The SMILES string of the molecule is CC(C)(C)OC(=O)Nc1nc(C2(C(=O)O)N(O)CC2(C)C(=O)OC(C)(C)C)ns1. The number of amides is 1. The predicted octanol–water partition coefficient (Wildman–Crippen LogP) is 2.22. The number of carbonyl (C=O) groups is 3. The lowest BCUT2D eigenvalue weighted by Gasteiger charge is -2.55. The Morgan fingerprint density at radius 1 is 1.14 bits per heavy atom. The summed E-state index contributed by atoms with van der Waals surface area (Å²) in [7, 11) is 0. The minimum absolute atomic E-state index is 0.0401. The molecule has 2 rings (SSSR count). The number of carboxylic acid groups (broad SMARTS) is 1.